The standard InChI is InChI=1S/C19H23N3O.CH2O2/c1-14(20)15-4-6-16(7-5-15)17-8-10-18(11-9-17)21-19(23)22-12-2-3-13-22;2-1-3/h4-11,14H,2-3,12-13,20H2,1H3,(H,21,23);1H,(H,2,3)/t14-;/m1./s1. The number of anilines is 1. The lowest BCUT2D eigenvalue weighted by molar-refractivity contribution is -0.122. The Hall–Kier alpha value is -2.86. The normalized spacial score (nSPS) is 14.2. The van der Waals surface area contributed by atoms with Gasteiger partial charge < -0.3 is 21.1 Å². The molecule has 0 aromatic heterocycles. The molecule has 138 valence electrons. The topological polar surface area (TPSA) is 95.7 Å². The van der Waals surface area contributed by atoms with E-state index in [1.54, 1.807) is 0 Å². The fraction of sp³-hybridized carbons (Fsp3) is 0.300. The summed E-state index contributed by atoms with van der Waals surface area (Å²) in [6.07, 6.45) is 2.20. The molecular formula is C20H25N3O3. The minimum absolute atomic E-state index is 0.00321. The summed E-state index contributed by atoms with van der Waals surface area (Å²) < 4.78 is 0. The van der Waals surface area contributed by atoms with Gasteiger partial charge in [-0.2, -0.15) is 0 Å². The fourth-order valence-corrected chi connectivity index (χ4v) is 2.85. The Morgan fingerprint density at radius 2 is 1.54 bits per heavy atom. The molecule has 1 aliphatic heterocycles. The molecule has 0 bridgehead atoms. The van der Waals surface area contributed by atoms with Crippen molar-refractivity contribution in [2.45, 2.75) is 25.8 Å². The maximum atomic E-state index is 12.1. The molecule has 1 saturated heterocycles. The van der Waals surface area contributed by atoms with Gasteiger partial charge in [0.2, 0.25) is 0 Å². The highest BCUT2D eigenvalue weighted by Gasteiger charge is 2.17. The van der Waals surface area contributed by atoms with Crippen molar-refractivity contribution in [3.8, 4) is 11.1 Å². The first kappa shape index (κ1) is 19.5. The van der Waals surface area contributed by atoms with Gasteiger partial charge in [0.1, 0.15) is 0 Å². The zero-order chi connectivity index (χ0) is 18.9. The van der Waals surface area contributed by atoms with Crippen LogP contribution in [0.25, 0.3) is 11.1 Å². The molecule has 6 heteroatoms. The van der Waals surface area contributed by atoms with E-state index in [4.69, 9.17) is 15.6 Å². The quantitative estimate of drug-likeness (QED) is 0.732. The van der Waals surface area contributed by atoms with E-state index in [0.717, 1.165) is 48.3 Å². The number of carboxylic acid groups (broad SMARTS) is 1. The van der Waals surface area contributed by atoms with Crippen LogP contribution in [-0.2, 0) is 4.79 Å². The van der Waals surface area contributed by atoms with E-state index < -0.39 is 0 Å². The van der Waals surface area contributed by atoms with Gasteiger partial charge in [-0.15, -0.1) is 0 Å². The Morgan fingerprint density at radius 1 is 1.08 bits per heavy atom. The molecule has 2 aromatic carbocycles. The molecule has 4 N–H and O–H groups in total. The van der Waals surface area contributed by atoms with Gasteiger partial charge in [0, 0.05) is 24.8 Å². The van der Waals surface area contributed by atoms with Crippen molar-refractivity contribution in [2.75, 3.05) is 18.4 Å². The van der Waals surface area contributed by atoms with Crippen molar-refractivity contribution in [3.05, 3.63) is 54.1 Å². The van der Waals surface area contributed by atoms with Gasteiger partial charge in [-0.3, -0.25) is 4.79 Å². The summed E-state index contributed by atoms with van der Waals surface area (Å²) in [4.78, 5) is 22.3. The number of carbonyl (C=O) groups excluding carboxylic acids is 1. The van der Waals surface area contributed by atoms with Crippen molar-refractivity contribution in [2.24, 2.45) is 5.73 Å². The highest BCUT2D eigenvalue weighted by atomic mass is 16.3. The molecule has 0 spiro atoms. The summed E-state index contributed by atoms with van der Waals surface area (Å²) in [5, 5.41) is 9.85. The van der Waals surface area contributed by atoms with Gasteiger partial charge >= 0.3 is 6.03 Å². The molecule has 0 aliphatic carbocycles. The zero-order valence-electron chi connectivity index (χ0n) is 14.9. The molecule has 0 saturated carbocycles. The Bertz CT molecular complexity index is 706. The van der Waals surface area contributed by atoms with E-state index in [-0.39, 0.29) is 18.5 Å². The lowest BCUT2D eigenvalue weighted by Crippen LogP contribution is -2.32. The number of urea groups is 1. The van der Waals surface area contributed by atoms with Crippen LogP contribution in [0.4, 0.5) is 10.5 Å². The second-order valence-electron chi connectivity index (χ2n) is 6.22. The highest BCUT2D eigenvalue weighted by Crippen LogP contribution is 2.23. The van der Waals surface area contributed by atoms with Crippen LogP contribution in [0, 0.1) is 0 Å². The number of likely N-dealkylation sites (tertiary alicyclic amines) is 1. The minimum atomic E-state index is -0.250. The smallest absolute Gasteiger partial charge is 0.321 e. The van der Waals surface area contributed by atoms with Crippen LogP contribution in [0.15, 0.2) is 48.5 Å². The summed E-state index contributed by atoms with van der Waals surface area (Å²) in [5.74, 6) is 0. The van der Waals surface area contributed by atoms with E-state index in [0.29, 0.717) is 0 Å². The third kappa shape index (κ3) is 5.32. The number of hydrogen-bond acceptors (Lipinski definition) is 3. The number of nitrogens with zero attached hydrogens (tertiary/aromatic N) is 1. The Balaban J connectivity index is 0.000000758. The van der Waals surface area contributed by atoms with Crippen molar-refractivity contribution in [1.82, 2.24) is 4.90 Å². The van der Waals surface area contributed by atoms with Crippen molar-refractivity contribution < 1.29 is 14.7 Å². The fourth-order valence-electron chi connectivity index (χ4n) is 2.85. The molecule has 1 heterocycles. The van der Waals surface area contributed by atoms with Crippen LogP contribution in [0.3, 0.4) is 0 Å². The molecule has 2 aromatic rings. The van der Waals surface area contributed by atoms with Gasteiger partial charge in [0.15, 0.2) is 0 Å². The first-order chi connectivity index (χ1) is 12.5. The number of rotatable bonds is 3. The SMILES string of the molecule is C[C@@H](N)c1ccc(-c2ccc(NC(=O)N3CCCC3)cc2)cc1.O=CO. The highest BCUT2D eigenvalue weighted by molar-refractivity contribution is 5.89. The molecule has 1 aliphatic rings. The average Bonchev–Trinajstić information content (AvgIpc) is 3.18. The lowest BCUT2D eigenvalue weighted by atomic mass is 10.0. The van der Waals surface area contributed by atoms with Crippen LogP contribution >= 0.6 is 0 Å². The molecule has 0 radical (unpaired) electrons. The number of amides is 2. The van der Waals surface area contributed by atoms with Crippen LogP contribution < -0.4 is 11.1 Å². The maximum Gasteiger partial charge on any atom is 0.321 e. The van der Waals surface area contributed by atoms with Gasteiger partial charge in [0.05, 0.1) is 0 Å². The predicted octanol–water partition coefficient (Wildman–Crippen LogP) is 3.70. The maximum absolute atomic E-state index is 12.1. The molecule has 3 rings (SSSR count). The Morgan fingerprint density at radius 3 is 2.00 bits per heavy atom. The first-order valence-electron chi connectivity index (χ1n) is 8.65. The van der Waals surface area contributed by atoms with Crippen molar-refractivity contribution in [1.29, 1.82) is 0 Å². The van der Waals surface area contributed by atoms with Gasteiger partial charge in [-0.1, -0.05) is 36.4 Å². The van der Waals surface area contributed by atoms with Crippen molar-refractivity contribution in [3.63, 3.8) is 0 Å². The average molecular weight is 355 g/mol. The van der Waals surface area contributed by atoms with Crippen LogP contribution in [0.1, 0.15) is 31.4 Å². The minimum Gasteiger partial charge on any atom is -0.483 e. The van der Waals surface area contributed by atoms with E-state index >= 15 is 0 Å². The first-order valence-corrected chi connectivity index (χ1v) is 8.65. The lowest BCUT2D eigenvalue weighted by Gasteiger charge is -2.16. The molecular weight excluding hydrogens is 330 g/mol. The third-order valence-electron chi connectivity index (χ3n) is 4.30. The summed E-state index contributed by atoms with van der Waals surface area (Å²) in [5.41, 5.74) is 10.1. The number of benzene rings is 2. The summed E-state index contributed by atoms with van der Waals surface area (Å²) in [6.45, 7) is 3.44. The monoisotopic (exact) mass is 355 g/mol. The van der Waals surface area contributed by atoms with Gasteiger partial charge in [-0.25, -0.2) is 4.79 Å². The number of nitrogens with one attached hydrogen (secondary N) is 1. The van der Waals surface area contributed by atoms with Crippen LogP contribution in [0.5, 0.6) is 0 Å². The predicted molar refractivity (Wildman–Crippen MR) is 103 cm³/mol. The largest absolute Gasteiger partial charge is 0.483 e. The number of nitrogens with two attached hydrogens (primary N) is 1. The Labute approximate surface area is 153 Å². The zero-order valence-corrected chi connectivity index (χ0v) is 14.9. The molecule has 2 amide bonds. The summed E-state index contributed by atoms with van der Waals surface area (Å²) in [7, 11) is 0. The number of carbonyl (C=O) groups is 2. The number of hydrogen-bond donors (Lipinski definition) is 3. The summed E-state index contributed by atoms with van der Waals surface area (Å²) >= 11 is 0. The molecule has 0 unspecified atom stereocenters. The van der Waals surface area contributed by atoms with E-state index in [1.807, 2.05) is 36.1 Å². The van der Waals surface area contributed by atoms with E-state index in [2.05, 4.69) is 29.6 Å². The van der Waals surface area contributed by atoms with E-state index in [9.17, 15) is 4.79 Å². The molecule has 1 atom stereocenters. The second kappa shape index (κ2) is 9.58. The second-order valence-corrected chi connectivity index (χ2v) is 6.22. The van der Waals surface area contributed by atoms with E-state index in [1.165, 1.54) is 0 Å². The van der Waals surface area contributed by atoms with Crippen LogP contribution in [-0.4, -0.2) is 35.6 Å². The Kier molecular flexibility index (Phi) is 7.17. The van der Waals surface area contributed by atoms with Crippen LogP contribution in [0.2, 0.25) is 0 Å². The third-order valence-corrected chi connectivity index (χ3v) is 4.30. The summed E-state index contributed by atoms with van der Waals surface area (Å²) in [6, 6.07) is 16.3. The van der Waals surface area contributed by atoms with Gasteiger partial charge in [0.25, 0.3) is 6.47 Å². The molecule has 6 nitrogen and oxygen atoms in total. The van der Waals surface area contributed by atoms with Crippen molar-refractivity contribution >= 4 is 18.2 Å². The molecule has 26 heavy (non-hydrogen) atoms. The molecule has 1 fully saturated rings. The van der Waals surface area contributed by atoms with Gasteiger partial charge in [-0.05, 0) is 48.6 Å².